The van der Waals surface area contributed by atoms with Gasteiger partial charge in [0.25, 0.3) is 5.91 Å². The Morgan fingerprint density at radius 2 is 1.92 bits per heavy atom. The normalized spacial score (nSPS) is 21.4. The molecule has 0 saturated carbocycles. The molecule has 2 amide bonds. The first kappa shape index (κ1) is 17.8. The number of benzene rings is 1. The first-order valence-corrected chi connectivity index (χ1v) is 8.40. The Labute approximate surface area is 144 Å². The van der Waals surface area contributed by atoms with Gasteiger partial charge in [-0.1, -0.05) is 0 Å². The van der Waals surface area contributed by atoms with Crippen LogP contribution >= 0.6 is 0 Å². The van der Waals surface area contributed by atoms with Crippen LogP contribution in [0.2, 0.25) is 0 Å². The van der Waals surface area contributed by atoms with Crippen molar-refractivity contribution in [3.05, 3.63) is 29.8 Å². The summed E-state index contributed by atoms with van der Waals surface area (Å²) in [6, 6.07) is 3.24. The molecule has 0 radical (unpaired) electrons. The SMILES string of the molecule is O=C(CN1CCN(C(=O)C2CCCO2)CC1)Nc1ccc(F)c(F)c1. The zero-order valence-corrected chi connectivity index (χ0v) is 13.8. The predicted molar refractivity (Wildman–Crippen MR) is 87.0 cm³/mol. The van der Waals surface area contributed by atoms with Gasteiger partial charge in [-0.3, -0.25) is 14.5 Å². The first-order chi connectivity index (χ1) is 12.0. The molecule has 1 aromatic carbocycles. The fourth-order valence-electron chi connectivity index (χ4n) is 3.08. The lowest BCUT2D eigenvalue weighted by molar-refractivity contribution is -0.142. The van der Waals surface area contributed by atoms with Crippen LogP contribution in [0.25, 0.3) is 0 Å². The van der Waals surface area contributed by atoms with Gasteiger partial charge in [0.2, 0.25) is 5.91 Å². The second-order valence-corrected chi connectivity index (χ2v) is 6.28. The minimum absolute atomic E-state index is 0.0309. The molecule has 2 aliphatic rings. The fraction of sp³-hybridized carbons (Fsp3) is 0.529. The highest BCUT2D eigenvalue weighted by Gasteiger charge is 2.30. The minimum atomic E-state index is -1.00. The Bertz CT molecular complexity index is 642. The number of anilines is 1. The largest absolute Gasteiger partial charge is 0.368 e. The maximum atomic E-state index is 13.2. The zero-order valence-electron chi connectivity index (χ0n) is 13.8. The van der Waals surface area contributed by atoms with Crippen molar-refractivity contribution in [3.8, 4) is 0 Å². The Balaban J connectivity index is 1.44. The van der Waals surface area contributed by atoms with Gasteiger partial charge >= 0.3 is 0 Å². The second-order valence-electron chi connectivity index (χ2n) is 6.28. The quantitative estimate of drug-likeness (QED) is 0.884. The van der Waals surface area contributed by atoms with E-state index in [1.165, 1.54) is 6.07 Å². The van der Waals surface area contributed by atoms with E-state index in [2.05, 4.69) is 5.32 Å². The van der Waals surface area contributed by atoms with Crippen molar-refractivity contribution in [1.82, 2.24) is 9.80 Å². The molecule has 0 spiro atoms. The number of ether oxygens (including phenoxy) is 1. The van der Waals surface area contributed by atoms with Crippen molar-refractivity contribution in [2.45, 2.75) is 18.9 Å². The van der Waals surface area contributed by atoms with E-state index in [1.807, 2.05) is 4.90 Å². The summed E-state index contributed by atoms with van der Waals surface area (Å²) in [5.74, 6) is -2.22. The smallest absolute Gasteiger partial charge is 0.251 e. The van der Waals surface area contributed by atoms with Gasteiger partial charge in [-0.2, -0.15) is 0 Å². The Kier molecular flexibility index (Phi) is 5.60. The van der Waals surface area contributed by atoms with Gasteiger partial charge in [0.15, 0.2) is 11.6 Å². The van der Waals surface area contributed by atoms with Crippen molar-refractivity contribution < 1.29 is 23.1 Å². The van der Waals surface area contributed by atoms with Crippen LogP contribution in [0.5, 0.6) is 0 Å². The van der Waals surface area contributed by atoms with Gasteiger partial charge < -0.3 is 15.0 Å². The Morgan fingerprint density at radius 1 is 1.16 bits per heavy atom. The summed E-state index contributed by atoms with van der Waals surface area (Å²) >= 11 is 0. The number of piperazine rings is 1. The van der Waals surface area contributed by atoms with Crippen molar-refractivity contribution in [3.63, 3.8) is 0 Å². The summed E-state index contributed by atoms with van der Waals surface area (Å²) in [6.07, 6.45) is 1.37. The van der Waals surface area contributed by atoms with E-state index in [0.29, 0.717) is 32.8 Å². The molecule has 2 saturated heterocycles. The van der Waals surface area contributed by atoms with Crippen LogP contribution in [0.3, 0.4) is 0 Å². The van der Waals surface area contributed by atoms with Crippen LogP contribution in [0, 0.1) is 11.6 Å². The molecule has 0 aliphatic carbocycles. The van der Waals surface area contributed by atoms with Crippen molar-refractivity contribution >= 4 is 17.5 Å². The topological polar surface area (TPSA) is 61.9 Å². The van der Waals surface area contributed by atoms with Gasteiger partial charge in [0.1, 0.15) is 6.10 Å². The summed E-state index contributed by atoms with van der Waals surface area (Å²) < 4.78 is 31.5. The predicted octanol–water partition coefficient (Wildman–Crippen LogP) is 1.23. The van der Waals surface area contributed by atoms with Gasteiger partial charge in [-0.05, 0) is 25.0 Å². The molecule has 8 heteroatoms. The lowest BCUT2D eigenvalue weighted by Gasteiger charge is -2.35. The molecule has 0 aromatic heterocycles. The third kappa shape index (κ3) is 4.52. The molecular weight excluding hydrogens is 332 g/mol. The van der Waals surface area contributed by atoms with E-state index in [9.17, 15) is 18.4 Å². The molecular formula is C17H21F2N3O3. The number of nitrogens with zero attached hydrogens (tertiary/aromatic N) is 2. The highest BCUT2D eigenvalue weighted by molar-refractivity contribution is 5.92. The van der Waals surface area contributed by atoms with Gasteiger partial charge in [-0.25, -0.2) is 8.78 Å². The lowest BCUT2D eigenvalue weighted by atomic mass is 10.2. The maximum Gasteiger partial charge on any atom is 0.251 e. The maximum absolute atomic E-state index is 13.2. The molecule has 2 fully saturated rings. The molecule has 6 nitrogen and oxygen atoms in total. The summed E-state index contributed by atoms with van der Waals surface area (Å²) in [7, 11) is 0. The molecule has 25 heavy (non-hydrogen) atoms. The third-order valence-electron chi connectivity index (χ3n) is 4.46. The van der Waals surface area contributed by atoms with E-state index in [1.54, 1.807) is 4.90 Å². The summed E-state index contributed by atoms with van der Waals surface area (Å²) in [5, 5.41) is 2.55. The van der Waals surface area contributed by atoms with Crippen molar-refractivity contribution in [2.75, 3.05) is 44.6 Å². The summed E-state index contributed by atoms with van der Waals surface area (Å²) in [5.41, 5.74) is 0.219. The first-order valence-electron chi connectivity index (χ1n) is 8.40. The molecule has 3 rings (SSSR count). The zero-order chi connectivity index (χ0) is 17.8. The number of amides is 2. The standard InChI is InChI=1S/C17H21F2N3O3/c18-13-4-3-12(10-14(13)19)20-16(23)11-21-5-7-22(8-6-21)17(24)15-2-1-9-25-15/h3-4,10,15H,1-2,5-9,11H2,(H,20,23). The number of hydrogen-bond acceptors (Lipinski definition) is 4. The summed E-state index contributed by atoms with van der Waals surface area (Å²) in [6.45, 7) is 3.06. The monoisotopic (exact) mass is 353 g/mol. The van der Waals surface area contributed by atoms with Crippen molar-refractivity contribution in [1.29, 1.82) is 0 Å². The van der Waals surface area contributed by atoms with E-state index < -0.39 is 11.6 Å². The highest BCUT2D eigenvalue weighted by atomic mass is 19.2. The van der Waals surface area contributed by atoms with Crippen LogP contribution in [-0.2, 0) is 14.3 Å². The molecule has 1 unspecified atom stereocenters. The van der Waals surface area contributed by atoms with Crippen LogP contribution in [-0.4, -0.2) is 67.0 Å². The van der Waals surface area contributed by atoms with E-state index in [0.717, 1.165) is 25.0 Å². The van der Waals surface area contributed by atoms with Crippen LogP contribution < -0.4 is 5.32 Å². The average molecular weight is 353 g/mol. The minimum Gasteiger partial charge on any atom is -0.368 e. The van der Waals surface area contributed by atoms with E-state index >= 15 is 0 Å². The van der Waals surface area contributed by atoms with Crippen LogP contribution in [0.15, 0.2) is 18.2 Å². The molecule has 136 valence electrons. The molecule has 1 N–H and O–H groups in total. The van der Waals surface area contributed by atoms with Gasteiger partial charge in [0, 0.05) is 44.5 Å². The number of carbonyl (C=O) groups is 2. The second kappa shape index (κ2) is 7.88. The highest BCUT2D eigenvalue weighted by Crippen LogP contribution is 2.16. The molecule has 2 aliphatic heterocycles. The van der Waals surface area contributed by atoms with Crippen LogP contribution in [0.1, 0.15) is 12.8 Å². The number of halogens is 2. The Hall–Kier alpha value is -2.06. The van der Waals surface area contributed by atoms with Crippen molar-refractivity contribution in [2.24, 2.45) is 0 Å². The lowest BCUT2D eigenvalue weighted by Crippen LogP contribution is -2.52. The molecule has 1 atom stereocenters. The third-order valence-corrected chi connectivity index (χ3v) is 4.46. The molecule has 1 aromatic rings. The number of nitrogens with one attached hydrogen (secondary N) is 1. The molecule has 0 bridgehead atoms. The number of hydrogen-bond donors (Lipinski definition) is 1. The van der Waals surface area contributed by atoms with E-state index in [-0.39, 0.29) is 30.2 Å². The van der Waals surface area contributed by atoms with Gasteiger partial charge in [-0.15, -0.1) is 0 Å². The number of carbonyl (C=O) groups excluding carboxylic acids is 2. The molecule has 2 heterocycles. The fourth-order valence-corrected chi connectivity index (χ4v) is 3.08. The average Bonchev–Trinajstić information content (AvgIpc) is 3.13. The van der Waals surface area contributed by atoms with Crippen LogP contribution in [0.4, 0.5) is 14.5 Å². The van der Waals surface area contributed by atoms with Gasteiger partial charge in [0.05, 0.1) is 6.54 Å². The summed E-state index contributed by atoms with van der Waals surface area (Å²) in [4.78, 5) is 28.0. The Morgan fingerprint density at radius 3 is 2.56 bits per heavy atom. The number of rotatable bonds is 4. The van der Waals surface area contributed by atoms with E-state index in [4.69, 9.17) is 4.74 Å².